The van der Waals surface area contributed by atoms with Gasteiger partial charge in [0, 0.05) is 18.4 Å². The van der Waals surface area contributed by atoms with Gasteiger partial charge in [-0.2, -0.15) is 0 Å². The molecule has 20 heavy (non-hydrogen) atoms. The van der Waals surface area contributed by atoms with Crippen LogP contribution in [0.25, 0.3) is 0 Å². The number of rotatable bonds is 2. The van der Waals surface area contributed by atoms with E-state index in [1.54, 1.807) is 0 Å². The van der Waals surface area contributed by atoms with Crippen LogP contribution in [0.5, 0.6) is 5.75 Å². The van der Waals surface area contributed by atoms with Crippen molar-refractivity contribution < 1.29 is 9.53 Å². The fourth-order valence-electron chi connectivity index (χ4n) is 3.55. The summed E-state index contributed by atoms with van der Waals surface area (Å²) in [6.45, 7) is 1.90. The largest absolute Gasteiger partial charge is 0.487 e. The molecule has 3 heteroatoms. The molecule has 3 nitrogen and oxygen atoms in total. The predicted octanol–water partition coefficient (Wildman–Crippen LogP) is 3.74. The van der Waals surface area contributed by atoms with E-state index in [9.17, 15) is 4.79 Å². The summed E-state index contributed by atoms with van der Waals surface area (Å²) in [6, 6.07) is 8.25. The Morgan fingerprint density at radius 2 is 2.05 bits per heavy atom. The van der Waals surface area contributed by atoms with Crippen molar-refractivity contribution in [2.45, 2.75) is 63.5 Å². The first-order valence-corrected chi connectivity index (χ1v) is 7.80. The highest BCUT2D eigenvalue weighted by atomic mass is 16.5. The Bertz CT molecular complexity index is 492. The minimum absolute atomic E-state index is 0.0573. The van der Waals surface area contributed by atoms with Gasteiger partial charge in [0.15, 0.2) is 0 Å². The lowest BCUT2D eigenvalue weighted by molar-refractivity contribution is -0.122. The van der Waals surface area contributed by atoms with Crippen molar-refractivity contribution in [2.24, 2.45) is 0 Å². The molecule has 0 radical (unpaired) electrons. The molecule has 108 valence electrons. The van der Waals surface area contributed by atoms with Crippen molar-refractivity contribution in [3.63, 3.8) is 0 Å². The van der Waals surface area contributed by atoms with Gasteiger partial charge in [0.1, 0.15) is 11.4 Å². The molecule has 0 saturated heterocycles. The summed E-state index contributed by atoms with van der Waals surface area (Å²) in [4.78, 5) is 11.8. The minimum atomic E-state index is -0.0573. The smallest absolute Gasteiger partial charge is 0.220 e. The first-order chi connectivity index (χ1) is 9.72. The van der Waals surface area contributed by atoms with Crippen LogP contribution >= 0.6 is 0 Å². The minimum Gasteiger partial charge on any atom is -0.487 e. The lowest BCUT2D eigenvalue weighted by atomic mass is 9.77. The molecule has 1 aromatic rings. The van der Waals surface area contributed by atoms with Crippen molar-refractivity contribution in [3.05, 3.63) is 29.8 Å². The van der Waals surface area contributed by atoms with Gasteiger partial charge in [0.05, 0.1) is 6.04 Å². The van der Waals surface area contributed by atoms with E-state index in [0.717, 1.165) is 30.6 Å². The lowest BCUT2D eigenvalue weighted by Crippen LogP contribution is -2.46. The highest BCUT2D eigenvalue weighted by Gasteiger charge is 2.41. The summed E-state index contributed by atoms with van der Waals surface area (Å²) in [6.07, 6.45) is 7.44. The third-order valence-corrected chi connectivity index (χ3v) is 4.62. The van der Waals surface area contributed by atoms with Gasteiger partial charge >= 0.3 is 0 Å². The summed E-state index contributed by atoms with van der Waals surface area (Å²) in [5.41, 5.74) is 1.07. The molecule has 1 fully saturated rings. The molecule has 1 aliphatic heterocycles. The van der Waals surface area contributed by atoms with E-state index < -0.39 is 0 Å². The topological polar surface area (TPSA) is 38.3 Å². The molecular weight excluding hydrogens is 250 g/mol. The molecule has 1 heterocycles. The molecule has 1 spiro atoms. The number of ether oxygens (including phenoxy) is 1. The summed E-state index contributed by atoms with van der Waals surface area (Å²) >= 11 is 0. The molecule has 1 saturated carbocycles. The van der Waals surface area contributed by atoms with Gasteiger partial charge in [-0.25, -0.2) is 0 Å². The Labute approximate surface area is 120 Å². The number of carbonyl (C=O) groups excluding carboxylic acids is 1. The van der Waals surface area contributed by atoms with Crippen molar-refractivity contribution in [3.8, 4) is 5.75 Å². The average Bonchev–Trinajstić information content (AvgIpc) is 2.48. The molecule has 1 atom stereocenters. The maximum atomic E-state index is 11.8. The van der Waals surface area contributed by atoms with Gasteiger partial charge in [-0.3, -0.25) is 4.79 Å². The number of para-hydroxylation sites is 1. The van der Waals surface area contributed by atoms with Gasteiger partial charge in [-0.05, 0) is 31.7 Å². The fourth-order valence-corrected chi connectivity index (χ4v) is 3.55. The second kappa shape index (κ2) is 5.47. The zero-order valence-electron chi connectivity index (χ0n) is 12.2. The van der Waals surface area contributed by atoms with Crippen LogP contribution in [-0.4, -0.2) is 11.5 Å². The standard InChI is InChI=1S/C17H23NO2/c1-2-16(19)18-14-12-17(10-6-3-7-11-17)20-15-9-5-4-8-13(14)15/h4-5,8-9,14H,2-3,6-7,10-12H2,1H3,(H,18,19)/t14-/m0/s1. The first kappa shape index (κ1) is 13.5. The Hall–Kier alpha value is -1.51. The Morgan fingerprint density at radius 3 is 2.80 bits per heavy atom. The molecule has 2 aliphatic rings. The van der Waals surface area contributed by atoms with Crippen LogP contribution in [0.4, 0.5) is 0 Å². The first-order valence-electron chi connectivity index (χ1n) is 7.80. The number of amides is 1. The lowest BCUT2D eigenvalue weighted by Gasteiger charge is -2.44. The van der Waals surface area contributed by atoms with E-state index in [4.69, 9.17) is 4.74 Å². The Morgan fingerprint density at radius 1 is 1.30 bits per heavy atom. The second-order valence-electron chi connectivity index (χ2n) is 6.06. The number of nitrogens with one attached hydrogen (secondary N) is 1. The highest BCUT2D eigenvalue weighted by molar-refractivity contribution is 5.76. The summed E-state index contributed by atoms with van der Waals surface area (Å²) in [5, 5.41) is 3.18. The quantitative estimate of drug-likeness (QED) is 0.891. The summed E-state index contributed by atoms with van der Waals surface area (Å²) in [5.74, 6) is 1.08. The monoisotopic (exact) mass is 273 g/mol. The van der Waals surface area contributed by atoms with E-state index in [1.165, 1.54) is 19.3 Å². The van der Waals surface area contributed by atoms with Gasteiger partial charge in [-0.1, -0.05) is 31.5 Å². The van der Waals surface area contributed by atoms with Gasteiger partial charge in [-0.15, -0.1) is 0 Å². The fraction of sp³-hybridized carbons (Fsp3) is 0.588. The molecule has 1 N–H and O–H groups in total. The van der Waals surface area contributed by atoms with E-state index in [2.05, 4.69) is 11.4 Å². The highest BCUT2D eigenvalue weighted by Crippen LogP contribution is 2.45. The number of hydrogen-bond donors (Lipinski definition) is 1. The molecular formula is C17H23NO2. The molecule has 0 unspecified atom stereocenters. The maximum absolute atomic E-state index is 11.8. The van der Waals surface area contributed by atoms with Crippen LogP contribution in [0.2, 0.25) is 0 Å². The van der Waals surface area contributed by atoms with E-state index in [0.29, 0.717) is 6.42 Å². The van der Waals surface area contributed by atoms with E-state index in [1.807, 2.05) is 25.1 Å². The number of hydrogen-bond acceptors (Lipinski definition) is 2. The van der Waals surface area contributed by atoms with Gasteiger partial charge in [0.2, 0.25) is 5.91 Å². The number of fused-ring (bicyclic) bond motifs is 1. The Kier molecular flexibility index (Phi) is 3.68. The van der Waals surface area contributed by atoms with Crippen molar-refractivity contribution in [1.29, 1.82) is 0 Å². The SMILES string of the molecule is CCC(=O)N[C@H]1CC2(CCCCC2)Oc2ccccc21. The van der Waals surface area contributed by atoms with Crippen LogP contribution in [0.3, 0.4) is 0 Å². The van der Waals surface area contributed by atoms with Gasteiger partial charge in [0.25, 0.3) is 0 Å². The van der Waals surface area contributed by atoms with Crippen molar-refractivity contribution in [1.82, 2.24) is 5.32 Å². The van der Waals surface area contributed by atoms with Gasteiger partial charge < -0.3 is 10.1 Å². The van der Waals surface area contributed by atoms with Crippen LogP contribution in [0, 0.1) is 0 Å². The third-order valence-electron chi connectivity index (χ3n) is 4.62. The summed E-state index contributed by atoms with van der Waals surface area (Å²) < 4.78 is 6.35. The molecule has 3 rings (SSSR count). The molecule has 0 bridgehead atoms. The molecule has 1 aliphatic carbocycles. The van der Waals surface area contributed by atoms with Crippen LogP contribution in [-0.2, 0) is 4.79 Å². The zero-order chi connectivity index (χ0) is 14.0. The molecule has 0 aromatic heterocycles. The van der Waals surface area contributed by atoms with E-state index in [-0.39, 0.29) is 17.6 Å². The van der Waals surface area contributed by atoms with Crippen LogP contribution < -0.4 is 10.1 Å². The molecule has 1 amide bonds. The maximum Gasteiger partial charge on any atom is 0.220 e. The number of carbonyl (C=O) groups is 1. The third kappa shape index (κ3) is 2.54. The van der Waals surface area contributed by atoms with Crippen molar-refractivity contribution >= 4 is 5.91 Å². The van der Waals surface area contributed by atoms with Crippen LogP contribution in [0.15, 0.2) is 24.3 Å². The predicted molar refractivity (Wildman–Crippen MR) is 78.7 cm³/mol. The number of benzene rings is 1. The summed E-state index contributed by atoms with van der Waals surface area (Å²) in [7, 11) is 0. The normalized spacial score (nSPS) is 23.8. The average molecular weight is 273 g/mol. The Balaban J connectivity index is 1.89. The van der Waals surface area contributed by atoms with E-state index >= 15 is 0 Å². The van der Waals surface area contributed by atoms with Crippen LogP contribution in [0.1, 0.15) is 63.5 Å². The second-order valence-corrected chi connectivity index (χ2v) is 6.06. The zero-order valence-corrected chi connectivity index (χ0v) is 12.2. The molecule has 1 aromatic carbocycles. The van der Waals surface area contributed by atoms with Crippen molar-refractivity contribution in [2.75, 3.05) is 0 Å².